The maximum atomic E-state index is 13.0. The number of aromatic nitrogens is 2. The Morgan fingerprint density at radius 2 is 2.11 bits per heavy atom. The van der Waals surface area contributed by atoms with Gasteiger partial charge >= 0.3 is 0 Å². The van der Waals surface area contributed by atoms with Gasteiger partial charge in [-0.15, -0.1) is 17.8 Å². The molecule has 0 aliphatic heterocycles. The molecule has 94 valence electrons. The van der Waals surface area contributed by atoms with E-state index in [4.69, 9.17) is 6.42 Å². The first-order valence-corrected chi connectivity index (χ1v) is 6.37. The summed E-state index contributed by atoms with van der Waals surface area (Å²) in [5.41, 5.74) is 1.41. The number of halogens is 1. The topological polar surface area (TPSA) is 37.5 Å². The number of nitrogens with zero attached hydrogens (tertiary/aromatic N) is 2. The second-order valence-corrected chi connectivity index (χ2v) is 5.03. The van der Waals surface area contributed by atoms with Gasteiger partial charge in [-0.3, -0.25) is 4.40 Å². The van der Waals surface area contributed by atoms with Crippen LogP contribution >= 0.6 is 11.3 Å². The maximum absolute atomic E-state index is 13.0. The van der Waals surface area contributed by atoms with E-state index >= 15 is 0 Å². The third-order valence-electron chi connectivity index (χ3n) is 2.83. The van der Waals surface area contributed by atoms with Gasteiger partial charge in [-0.2, -0.15) is 0 Å². The van der Waals surface area contributed by atoms with Crippen LogP contribution in [0.2, 0.25) is 0 Å². The zero-order valence-corrected chi connectivity index (χ0v) is 10.6. The second kappa shape index (κ2) is 4.50. The number of thiazole rings is 1. The van der Waals surface area contributed by atoms with Crippen molar-refractivity contribution in [2.24, 2.45) is 0 Å². The van der Waals surface area contributed by atoms with E-state index in [2.05, 4.69) is 10.9 Å². The average molecular weight is 272 g/mol. The molecule has 0 radical (unpaired) electrons. The van der Waals surface area contributed by atoms with E-state index in [0.29, 0.717) is 5.69 Å². The zero-order valence-electron chi connectivity index (χ0n) is 9.75. The van der Waals surface area contributed by atoms with Gasteiger partial charge in [0.25, 0.3) is 0 Å². The molecular weight excluding hydrogens is 263 g/mol. The lowest BCUT2D eigenvalue weighted by Crippen LogP contribution is -1.99. The van der Waals surface area contributed by atoms with Crippen LogP contribution in [0, 0.1) is 18.2 Å². The summed E-state index contributed by atoms with van der Waals surface area (Å²) in [5, 5.41) is 9.98. The molecule has 1 unspecified atom stereocenters. The molecule has 3 aromatic rings. The molecule has 3 rings (SSSR count). The summed E-state index contributed by atoms with van der Waals surface area (Å²) in [4.78, 5) is 5.72. The molecule has 0 bridgehead atoms. The van der Waals surface area contributed by atoms with Crippen LogP contribution in [0.5, 0.6) is 0 Å². The van der Waals surface area contributed by atoms with Gasteiger partial charge < -0.3 is 5.11 Å². The largest absolute Gasteiger partial charge is 0.374 e. The van der Waals surface area contributed by atoms with Gasteiger partial charge in [-0.25, -0.2) is 9.37 Å². The highest BCUT2D eigenvalue weighted by molar-refractivity contribution is 7.20. The van der Waals surface area contributed by atoms with Gasteiger partial charge in [-0.1, -0.05) is 18.1 Å². The molecule has 0 saturated carbocycles. The molecular formula is C14H9FN2OS. The summed E-state index contributed by atoms with van der Waals surface area (Å²) in [6, 6.07) is 6.10. The van der Waals surface area contributed by atoms with E-state index in [1.54, 1.807) is 29.1 Å². The molecule has 19 heavy (non-hydrogen) atoms. The molecule has 0 saturated heterocycles. The van der Waals surface area contributed by atoms with Crippen LogP contribution in [-0.4, -0.2) is 14.5 Å². The number of aliphatic hydroxyl groups excluding tert-OH is 1. The molecule has 5 heteroatoms. The Morgan fingerprint density at radius 3 is 2.79 bits per heavy atom. The molecule has 1 atom stereocenters. The molecule has 3 nitrogen and oxygen atoms in total. The minimum absolute atomic E-state index is 0.298. The third kappa shape index (κ3) is 1.91. The highest BCUT2D eigenvalue weighted by Crippen LogP contribution is 2.36. The summed E-state index contributed by atoms with van der Waals surface area (Å²) in [6.45, 7) is 0. The molecule has 0 fully saturated rings. The average Bonchev–Trinajstić information content (AvgIpc) is 2.98. The summed E-state index contributed by atoms with van der Waals surface area (Å²) >= 11 is 1.46. The SMILES string of the molecule is C#CC(O)c1c(-c2ccc(F)cc2)sc2cncn12. The van der Waals surface area contributed by atoms with E-state index in [1.165, 1.54) is 23.5 Å². The summed E-state index contributed by atoms with van der Waals surface area (Å²) < 4.78 is 14.7. The van der Waals surface area contributed by atoms with Crippen molar-refractivity contribution in [1.82, 2.24) is 9.38 Å². The van der Waals surface area contributed by atoms with Crippen LogP contribution in [0.15, 0.2) is 36.8 Å². The number of hydrogen-bond donors (Lipinski definition) is 1. The number of aliphatic hydroxyl groups is 1. The number of imidazole rings is 1. The highest BCUT2D eigenvalue weighted by atomic mass is 32.1. The predicted molar refractivity (Wildman–Crippen MR) is 72.3 cm³/mol. The zero-order chi connectivity index (χ0) is 13.4. The first-order valence-electron chi connectivity index (χ1n) is 5.55. The first kappa shape index (κ1) is 11.9. The van der Waals surface area contributed by atoms with Crippen LogP contribution < -0.4 is 0 Å². The van der Waals surface area contributed by atoms with Gasteiger partial charge in [0.1, 0.15) is 17.0 Å². The molecule has 2 aromatic heterocycles. The smallest absolute Gasteiger partial charge is 0.156 e. The minimum atomic E-state index is -1.02. The predicted octanol–water partition coefficient (Wildman–Crippen LogP) is 2.87. The Morgan fingerprint density at radius 1 is 1.37 bits per heavy atom. The fourth-order valence-corrected chi connectivity index (χ4v) is 3.08. The van der Waals surface area contributed by atoms with E-state index in [1.807, 2.05) is 0 Å². The summed E-state index contributed by atoms with van der Waals surface area (Å²) in [6.07, 6.45) is 7.58. The van der Waals surface area contributed by atoms with Gasteiger partial charge in [0, 0.05) is 0 Å². The van der Waals surface area contributed by atoms with Crippen molar-refractivity contribution >= 4 is 16.2 Å². The lowest BCUT2D eigenvalue weighted by atomic mass is 10.1. The van der Waals surface area contributed by atoms with Crippen LogP contribution in [-0.2, 0) is 0 Å². The summed E-state index contributed by atoms with van der Waals surface area (Å²) in [7, 11) is 0. The minimum Gasteiger partial charge on any atom is -0.374 e. The van der Waals surface area contributed by atoms with Crippen molar-refractivity contribution in [3.05, 3.63) is 48.3 Å². The number of rotatable bonds is 2. The quantitative estimate of drug-likeness (QED) is 0.728. The Hall–Kier alpha value is -2.16. The third-order valence-corrected chi connectivity index (χ3v) is 3.99. The molecule has 0 aliphatic rings. The van der Waals surface area contributed by atoms with Crippen LogP contribution in [0.3, 0.4) is 0 Å². The lowest BCUT2D eigenvalue weighted by Gasteiger charge is -2.06. The highest BCUT2D eigenvalue weighted by Gasteiger charge is 2.19. The molecule has 2 heterocycles. The summed E-state index contributed by atoms with van der Waals surface area (Å²) in [5.74, 6) is 2.01. The number of fused-ring (bicyclic) bond motifs is 1. The monoisotopic (exact) mass is 272 g/mol. The van der Waals surface area contributed by atoms with E-state index in [0.717, 1.165) is 15.3 Å². The van der Waals surface area contributed by atoms with Crippen LogP contribution in [0.25, 0.3) is 15.3 Å². The lowest BCUT2D eigenvalue weighted by molar-refractivity contribution is 0.233. The van der Waals surface area contributed by atoms with Crippen molar-refractivity contribution in [3.63, 3.8) is 0 Å². The fourth-order valence-electron chi connectivity index (χ4n) is 1.95. The van der Waals surface area contributed by atoms with Crippen LogP contribution in [0.4, 0.5) is 4.39 Å². The molecule has 0 spiro atoms. The van der Waals surface area contributed by atoms with Crippen molar-refractivity contribution in [1.29, 1.82) is 0 Å². The Kier molecular flexibility index (Phi) is 2.82. The van der Waals surface area contributed by atoms with E-state index in [9.17, 15) is 9.50 Å². The van der Waals surface area contributed by atoms with Crippen molar-refractivity contribution in [2.45, 2.75) is 6.10 Å². The van der Waals surface area contributed by atoms with Gasteiger partial charge in [0.05, 0.1) is 16.8 Å². The Balaban J connectivity index is 2.25. The fraction of sp³-hybridized carbons (Fsp3) is 0.0714. The van der Waals surface area contributed by atoms with Gasteiger partial charge in [-0.05, 0) is 17.7 Å². The van der Waals surface area contributed by atoms with Crippen LogP contribution in [0.1, 0.15) is 11.8 Å². The molecule has 1 N–H and O–H groups in total. The Labute approximate surface area is 113 Å². The van der Waals surface area contributed by atoms with Crippen molar-refractivity contribution in [3.8, 4) is 22.8 Å². The van der Waals surface area contributed by atoms with Crippen molar-refractivity contribution in [2.75, 3.05) is 0 Å². The van der Waals surface area contributed by atoms with Gasteiger partial charge in [0.15, 0.2) is 6.10 Å². The molecule has 0 aliphatic carbocycles. The number of hydrogen-bond acceptors (Lipinski definition) is 3. The van der Waals surface area contributed by atoms with E-state index < -0.39 is 6.10 Å². The molecule has 0 amide bonds. The maximum Gasteiger partial charge on any atom is 0.156 e. The standard InChI is InChI=1S/C14H9FN2OS/c1-2-11(18)13-14(9-3-5-10(15)6-4-9)19-12-7-16-8-17(12)13/h1,3-8,11,18H. The Bertz CT molecular complexity index is 767. The number of benzene rings is 1. The normalized spacial score (nSPS) is 12.5. The number of terminal acetylenes is 1. The van der Waals surface area contributed by atoms with Crippen molar-refractivity contribution < 1.29 is 9.50 Å². The van der Waals surface area contributed by atoms with E-state index in [-0.39, 0.29) is 5.82 Å². The molecule has 1 aromatic carbocycles. The first-order chi connectivity index (χ1) is 9.20. The van der Waals surface area contributed by atoms with Gasteiger partial charge in [0.2, 0.25) is 0 Å². The second-order valence-electron chi connectivity index (χ2n) is 3.99.